The first-order chi connectivity index (χ1) is 5.85. The first-order valence-electron chi connectivity index (χ1n) is 4.27. The largest absolute Gasteiger partial charge is 0.444 e. The van der Waals surface area contributed by atoms with Crippen molar-refractivity contribution in [3.8, 4) is 0 Å². The van der Waals surface area contributed by atoms with Crippen molar-refractivity contribution in [1.29, 1.82) is 0 Å². The van der Waals surface area contributed by atoms with Gasteiger partial charge in [0.05, 0.1) is 0 Å². The molecule has 1 unspecified atom stereocenters. The van der Waals surface area contributed by atoms with Crippen molar-refractivity contribution in [2.45, 2.75) is 33.3 Å². The van der Waals surface area contributed by atoms with E-state index in [0.29, 0.717) is 6.54 Å². The van der Waals surface area contributed by atoms with Crippen LogP contribution in [-0.2, 0) is 9.53 Å². The third-order valence-electron chi connectivity index (χ3n) is 1.20. The van der Waals surface area contributed by atoms with Crippen molar-refractivity contribution >= 4 is 12.4 Å². The number of carbonyl (C=O) groups excluding carboxylic acids is 2. The monoisotopic (exact) mass is 187 g/mol. The van der Waals surface area contributed by atoms with Crippen LogP contribution in [0.15, 0.2) is 0 Å². The van der Waals surface area contributed by atoms with Gasteiger partial charge in [-0.05, 0) is 20.8 Å². The van der Waals surface area contributed by atoms with Gasteiger partial charge in [0, 0.05) is 12.5 Å². The van der Waals surface area contributed by atoms with Gasteiger partial charge in [0.2, 0.25) is 0 Å². The summed E-state index contributed by atoms with van der Waals surface area (Å²) in [7, 11) is 0. The maximum Gasteiger partial charge on any atom is 0.407 e. The van der Waals surface area contributed by atoms with Crippen molar-refractivity contribution in [3.63, 3.8) is 0 Å². The molecule has 76 valence electrons. The van der Waals surface area contributed by atoms with Crippen LogP contribution in [0.1, 0.15) is 27.7 Å². The molecule has 0 aliphatic rings. The van der Waals surface area contributed by atoms with Crippen molar-refractivity contribution in [1.82, 2.24) is 5.32 Å². The number of ether oxygens (including phenoxy) is 1. The van der Waals surface area contributed by atoms with Gasteiger partial charge >= 0.3 is 6.09 Å². The number of alkyl carbamates (subject to hydrolysis) is 1. The molecule has 1 atom stereocenters. The minimum Gasteiger partial charge on any atom is -0.444 e. The van der Waals surface area contributed by atoms with Gasteiger partial charge in [-0.2, -0.15) is 0 Å². The van der Waals surface area contributed by atoms with Crippen LogP contribution >= 0.6 is 0 Å². The van der Waals surface area contributed by atoms with Crippen LogP contribution in [0, 0.1) is 5.92 Å². The molecule has 0 rings (SSSR count). The molecule has 0 radical (unpaired) electrons. The highest BCUT2D eigenvalue weighted by Gasteiger charge is 2.15. The van der Waals surface area contributed by atoms with E-state index in [0.717, 1.165) is 6.29 Å². The lowest BCUT2D eigenvalue weighted by Gasteiger charge is -2.19. The first kappa shape index (κ1) is 11.9. The minimum absolute atomic E-state index is 0.174. The van der Waals surface area contributed by atoms with E-state index in [2.05, 4.69) is 5.32 Å². The molecule has 4 heteroatoms. The highest BCUT2D eigenvalue weighted by Crippen LogP contribution is 2.06. The van der Waals surface area contributed by atoms with Gasteiger partial charge in [0.1, 0.15) is 11.9 Å². The molecule has 0 bridgehead atoms. The zero-order valence-electron chi connectivity index (χ0n) is 8.59. The number of rotatable bonds is 3. The number of carbonyl (C=O) groups is 2. The van der Waals surface area contributed by atoms with E-state index < -0.39 is 11.7 Å². The summed E-state index contributed by atoms with van der Waals surface area (Å²) in [5.41, 5.74) is -0.492. The Balaban J connectivity index is 3.70. The summed E-state index contributed by atoms with van der Waals surface area (Å²) < 4.78 is 4.97. The normalized spacial score (nSPS) is 13.2. The minimum atomic E-state index is -0.492. The molecule has 0 fully saturated rings. The smallest absolute Gasteiger partial charge is 0.407 e. The van der Waals surface area contributed by atoms with Crippen LogP contribution in [0.2, 0.25) is 0 Å². The van der Waals surface area contributed by atoms with Gasteiger partial charge in [-0.1, -0.05) is 6.92 Å². The summed E-state index contributed by atoms with van der Waals surface area (Å²) in [6, 6.07) is 0. The van der Waals surface area contributed by atoms with Crippen LogP contribution in [0.3, 0.4) is 0 Å². The van der Waals surface area contributed by atoms with Crippen LogP contribution < -0.4 is 5.32 Å². The molecule has 0 aromatic rings. The zero-order valence-corrected chi connectivity index (χ0v) is 8.59. The molecule has 0 spiro atoms. The Bertz CT molecular complexity index is 184. The van der Waals surface area contributed by atoms with Crippen molar-refractivity contribution in [2.75, 3.05) is 6.54 Å². The van der Waals surface area contributed by atoms with Crippen molar-refractivity contribution in [2.24, 2.45) is 5.92 Å². The Morgan fingerprint density at radius 2 is 2.08 bits per heavy atom. The third kappa shape index (κ3) is 7.31. The molecule has 0 aliphatic heterocycles. The van der Waals surface area contributed by atoms with E-state index in [-0.39, 0.29) is 5.92 Å². The van der Waals surface area contributed by atoms with Gasteiger partial charge in [-0.3, -0.25) is 0 Å². The van der Waals surface area contributed by atoms with Crippen molar-refractivity contribution in [3.05, 3.63) is 0 Å². The summed E-state index contributed by atoms with van der Waals surface area (Å²) in [6.07, 6.45) is 0.304. The number of hydrogen-bond donors (Lipinski definition) is 1. The SMILES string of the molecule is CC(C=O)CNC(=O)OC(C)(C)C. The van der Waals surface area contributed by atoms with Crippen LogP contribution in [0.4, 0.5) is 4.79 Å². The molecule has 1 amide bonds. The number of hydrogen-bond acceptors (Lipinski definition) is 3. The predicted octanol–water partition coefficient (Wildman–Crippen LogP) is 1.35. The van der Waals surface area contributed by atoms with Crippen LogP contribution in [0.5, 0.6) is 0 Å². The lowest BCUT2D eigenvalue weighted by molar-refractivity contribution is -0.110. The molecular formula is C9H17NO3. The summed E-state index contributed by atoms with van der Waals surface area (Å²) in [5.74, 6) is -0.174. The summed E-state index contributed by atoms with van der Waals surface area (Å²) in [4.78, 5) is 21.2. The molecule has 0 aromatic carbocycles. The Morgan fingerprint density at radius 3 is 2.46 bits per heavy atom. The Hall–Kier alpha value is -1.06. The highest BCUT2D eigenvalue weighted by molar-refractivity contribution is 5.68. The Morgan fingerprint density at radius 1 is 1.54 bits per heavy atom. The number of amides is 1. The quantitative estimate of drug-likeness (QED) is 0.678. The Labute approximate surface area is 78.6 Å². The Kier molecular flexibility index (Phi) is 4.45. The second kappa shape index (κ2) is 4.84. The zero-order chi connectivity index (χ0) is 10.5. The molecule has 0 saturated carbocycles. The molecule has 0 saturated heterocycles. The average Bonchev–Trinajstić information content (AvgIpc) is 1.97. The van der Waals surface area contributed by atoms with Gasteiger partial charge in [0.25, 0.3) is 0 Å². The number of nitrogens with one attached hydrogen (secondary N) is 1. The maximum atomic E-state index is 11.0. The second-order valence-electron chi connectivity index (χ2n) is 4.00. The average molecular weight is 187 g/mol. The van der Waals surface area contributed by atoms with Crippen molar-refractivity contribution < 1.29 is 14.3 Å². The van der Waals surface area contributed by atoms with E-state index >= 15 is 0 Å². The highest BCUT2D eigenvalue weighted by atomic mass is 16.6. The van der Waals surface area contributed by atoms with Crippen LogP contribution in [0.25, 0.3) is 0 Å². The fourth-order valence-electron chi connectivity index (χ4n) is 0.607. The standard InChI is InChI=1S/C9H17NO3/c1-7(6-11)5-10-8(12)13-9(2,3)4/h6-7H,5H2,1-4H3,(H,10,12). The lowest BCUT2D eigenvalue weighted by Crippen LogP contribution is -2.35. The molecule has 0 aromatic heterocycles. The van der Waals surface area contributed by atoms with E-state index in [4.69, 9.17) is 4.74 Å². The topological polar surface area (TPSA) is 55.4 Å². The van der Waals surface area contributed by atoms with E-state index in [1.54, 1.807) is 27.7 Å². The summed E-state index contributed by atoms with van der Waals surface area (Å²) in [6.45, 7) is 7.41. The maximum absolute atomic E-state index is 11.0. The van der Waals surface area contributed by atoms with Gasteiger partial charge < -0.3 is 14.8 Å². The summed E-state index contributed by atoms with van der Waals surface area (Å²) >= 11 is 0. The molecular weight excluding hydrogens is 170 g/mol. The lowest BCUT2D eigenvalue weighted by atomic mass is 10.2. The molecule has 0 heterocycles. The fourth-order valence-corrected chi connectivity index (χ4v) is 0.607. The van der Waals surface area contributed by atoms with E-state index in [1.165, 1.54) is 0 Å². The van der Waals surface area contributed by atoms with Gasteiger partial charge in [-0.15, -0.1) is 0 Å². The molecule has 13 heavy (non-hydrogen) atoms. The first-order valence-corrected chi connectivity index (χ1v) is 4.27. The third-order valence-corrected chi connectivity index (χ3v) is 1.20. The predicted molar refractivity (Wildman–Crippen MR) is 49.5 cm³/mol. The van der Waals surface area contributed by atoms with Gasteiger partial charge in [0.15, 0.2) is 0 Å². The van der Waals surface area contributed by atoms with E-state index in [1.807, 2.05) is 0 Å². The second-order valence-corrected chi connectivity index (χ2v) is 4.00. The number of aldehydes is 1. The van der Waals surface area contributed by atoms with Crippen LogP contribution in [-0.4, -0.2) is 24.5 Å². The fraction of sp³-hybridized carbons (Fsp3) is 0.778. The molecule has 4 nitrogen and oxygen atoms in total. The van der Waals surface area contributed by atoms with Gasteiger partial charge in [-0.25, -0.2) is 4.79 Å². The molecule has 1 N–H and O–H groups in total. The summed E-state index contributed by atoms with van der Waals surface area (Å²) in [5, 5.41) is 2.50. The molecule has 0 aliphatic carbocycles. The van der Waals surface area contributed by atoms with E-state index in [9.17, 15) is 9.59 Å².